The van der Waals surface area contributed by atoms with Crippen LogP contribution in [0.3, 0.4) is 0 Å². The van der Waals surface area contributed by atoms with Gasteiger partial charge in [0.2, 0.25) is 0 Å². The molecule has 3 rings (SSSR count). The maximum atomic E-state index is 11.1. The van der Waals surface area contributed by atoms with E-state index in [0.29, 0.717) is 17.5 Å². The van der Waals surface area contributed by atoms with Gasteiger partial charge in [-0.15, -0.1) is 0 Å². The highest BCUT2D eigenvalue weighted by Crippen LogP contribution is 2.34. The lowest BCUT2D eigenvalue weighted by Gasteiger charge is -2.38. The Labute approximate surface area is 137 Å². The van der Waals surface area contributed by atoms with Gasteiger partial charge in [-0.3, -0.25) is 4.90 Å². The summed E-state index contributed by atoms with van der Waals surface area (Å²) in [6.45, 7) is 2.33. The third kappa shape index (κ3) is 3.61. The number of nitrogens with zero attached hydrogens (tertiary/aromatic N) is 1. The molecule has 1 aliphatic carbocycles. The summed E-state index contributed by atoms with van der Waals surface area (Å²) in [5.41, 5.74) is 0.217. The molecule has 1 saturated carbocycles. The molecule has 1 aliphatic heterocycles. The maximum absolute atomic E-state index is 11.1. The predicted molar refractivity (Wildman–Crippen MR) is 87.4 cm³/mol. The van der Waals surface area contributed by atoms with Gasteiger partial charge < -0.3 is 14.6 Å². The fourth-order valence-corrected chi connectivity index (χ4v) is 3.77. The first-order chi connectivity index (χ1) is 11.2. The minimum atomic E-state index is -0.956. The molecule has 2 unspecified atom stereocenters. The van der Waals surface area contributed by atoms with E-state index in [9.17, 15) is 4.79 Å². The Kier molecular flexibility index (Phi) is 5.06. The first-order valence-corrected chi connectivity index (χ1v) is 8.51. The van der Waals surface area contributed by atoms with E-state index in [1.165, 1.54) is 51.3 Å². The topological polar surface area (TPSA) is 59.0 Å². The predicted octanol–water partition coefficient (Wildman–Crippen LogP) is 3.18. The number of likely N-dealkylation sites (tertiary alicyclic amines) is 1. The second kappa shape index (κ2) is 7.21. The molecule has 5 nitrogen and oxygen atoms in total. The summed E-state index contributed by atoms with van der Waals surface area (Å²) < 4.78 is 11.6. The van der Waals surface area contributed by atoms with E-state index in [1.54, 1.807) is 19.2 Å². The van der Waals surface area contributed by atoms with Crippen molar-refractivity contribution in [2.75, 3.05) is 20.2 Å². The highest BCUT2D eigenvalue weighted by molar-refractivity contribution is 5.88. The van der Waals surface area contributed by atoms with E-state index in [2.05, 4.69) is 4.90 Å². The lowest BCUT2D eigenvalue weighted by molar-refractivity contribution is 0.0467. The van der Waals surface area contributed by atoms with Crippen LogP contribution in [0.2, 0.25) is 0 Å². The summed E-state index contributed by atoms with van der Waals surface area (Å²) in [5.74, 6) is 0.187. The van der Waals surface area contributed by atoms with E-state index >= 15 is 0 Å². The molecular weight excluding hydrogens is 294 g/mol. The van der Waals surface area contributed by atoms with E-state index in [4.69, 9.17) is 14.6 Å². The number of carboxylic acids is 1. The molecule has 5 heteroatoms. The van der Waals surface area contributed by atoms with Gasteiger partial charge in [-0.05, 0) is 63.4 Å². The Morgan fingerprint density at radius 3 is 2.57 bits per heavy atom. The summed E-state index contributed by atoms with van der Waals surface area (Å²) in [5, 5.41) is 9.10. The molecule has 2 fully saturated rings. The Balaban J connectivity index is 1.77. The zero-order chi connectivity index (χ0) is 16.2. The van der Waals surface area contributed by atoms with Crippen molar-refractivity contribution in [3.8, 4) is 11.5 Å². The molecule has 0 radical (unpaired) electrons. The van der Waals surface area contributed by atoms with Crippen LogP contribution in [0.5, 0.6) is 11.5 Å². The summed E-state index contributed by atoms with van der Waals surface area (Å²) in [7, 11) is 1.55. The van der Waals surface area contributed by atoms with Gasteiger partial charge in [0.05, 0.1) is 12.7 Å². The average Bonchev–Trinajstić information content (AvgIpc) is 3.10. The molecule has 1 saturated heterocycles. The number of rotatable bonds is 5. The molecule has 0 amide bonds. The van der Waals surface area contributed by atoms with E-state index < -0.39 is 5.97 Å². The van der Waals surface area contributed by atoms with Gasteiger partial charge in [-0.1, -0.05) is 6.42 Å². The molecule has 1 heterocycles. The number of hydrogen-bond acceptors (Lipinski definition) is 4. The van der Waals surface area contributed by atoms with Crippen LogP contribution in [0.15, 0.2) is 18.2 Å². The van der Waals surface area contributed by atoms with E-state index in [0.717, 1.165) is 6.42 Å². The van der Waals surface area contributed by atoms with Crippen molar-refractivity contribution < 1.29 is 19.4 Å². The standard InChI is InChI=1S/C18H25NO4/c1-22-17-12-13(18(20)21)8-9-16(17)23-15-7-3-2-6-14(15)19-10-4-5-11-19/h8-9,12,14-15H,2-7,10-11H2,1H3,(H,20,21). The van der Waals surface area contributed by atoms with Crippen LogP contribution in [0.1, 0.15) is 48.9 Å². The second-order valence-corrected chi connectivity index (χ2v) is 6.42. The molecular formula is C18H25NO4. The SMILES string of the molecule is COc1cc(C(=O)O)ccc1OC1CCCCC1N1CCCC1. The number of hydrogen-bond donors (Lipinski definition) is 1. The number of carboxylic acid groups (broad SMARTS) is 1. The molecule has 0 aromatic heterocycles. The van der Waals surface area contributed by atoms with Crippen molar-refractivity contribution in [1.29, 1.82) is 0 Å². The molecule has 2 aliphatic rings. The largest absolute Gasteiger partial charge is 0.493 e. The zero-order valence-corrected chi connectivity index (χ0v) is 13.7. The van der Waals surface area contributed by atoms with Crippen LogP contribution in [0.25, 0.3) is 0 Å². The highest BCUT2D eigenvalue weighted by atomic mass is 16.5. The number of methoxy groups -OCH3 is 1. The first kappa shape index (κ1) is 16.1. The molecule has 1 aromatic rings. The molecule has 0 spiro atoms. The van der Waals surface area contributed by atoms with Gasteiger partial charge in [0.15, 0.2) is 11.5 Å². The quantitative estimate of drug-likeness (QED) is 0.903. The normalized spacial score (nSPS) is 25.3. The molecule has 1 N–H and O–H groups in total. The van der Waals surface area contributed by atoms with Crippen molar-refractivity contribution >= 4 is 5.97 Å². The summed E-state index contributed by atoms with van der Waals surface area (Å²) >= 11 is 0. The third-order valence-corrected chi connectivity index (χ3v) is 4.97. The first-order valence-electron chi connectivity index (χ1n) is 8.51. The van der Waals surface area contributed by atoms with Gasteiger partial charge in [-0.2, -0.15) is 0 Å². The van der Waals surface area contributed by atoms with Gasteiger partial charge in [0.1, 0.15) is 6.10 Å². The number of ether oxygens (including phenoxy) is 2. The van der Waals surface area contributed by atoms with Crippen LogP contribution in [0.4, 0.5) is 0 Å². The van der Waals surface area contributed by atoms with Crippen LogP contribution in [-0.4, -0.2) is 48.3 Å². The smallest absolute Gasteiger partial charge is 0.335 e. The maximum Gasteiger partial charge on any atom is 0.335 e. The fourth-order valence-electron chi connectivity index (χ4n) is 3.77. The Morgan fingerprint density at radius 2 is 1.87 bits per heavy atom. The van der Waals surface area contributed by atoms with Crippen molar-refractivity contribution in [2.45, 2.75) is 50.7 Å². The molecule has 1 aromatic carbocycles. The number of carbonyl (C=O) groups is 1. The zero-order valence-electron chi connectivity index (χ0n) is 13.7. The van der Waals surface area contributed by atoms with Crippen molar-refractivity contribution in [3.63, 3.8) is 0 Å². The molecule has 2 atom stereocenters. The van der Waals surface area contributed by atoms with Crippen LogP contribution in [-0.2, 0) is 0 Å². The third-order valence-electron chi connectivity index (χ3n) is 4.97. The Hall–Kier alpha value is -1.75. The summed E-state index contributed by atoms with van der Waals surface area (Å²) in [4.78, 5) is 13.7. The van der Waals surface area contributed by atoms with Gasteiger partial charge in [0, 0.05) is 6.04 Å². The minimum Gasteiger partial charge on any atom is -0.493 e. The number of aromatic carboxylic acids is 1. The molecule has 126 valence electrons. The van der Waals surface area contributed by atoms with Gasteiger partial charge in [0.25, 0.3) is 0 Å². The van der Waals surface area contributed by atoms with Crippen molar-refractivity contribution in [1.82, 2.24) is 4.90 Å². The van der Waals surface area contributed by atoms with Gasteiger partial charge in [-0.25, -0.2) is 4.79 Å². The number of benzene rings is 1. The highest BCUT2D eigenvalue weighted by Gasteiger charge is 2.33. The van der Waals surface area contributed by atoms with Crippen molar-refractivity contribution in [3.05, 3.63) is 23.8 Å². The summed E-state index contributed by atoms with van der Waals surface area (Å²) in [6, 6.07) is 5.30. The lowest BCUT2D eigenvalue weighted by Crippen LogP contribution is -2.46. The van der Waals surface area contributed by atoms with E-state index in [-0.39, 0.29) is 11.7 Å². The second-order valence-electron chi connectivity index (χ2n) is 6.42. The Bertz CT molecular complexity index is 554. The minimum absolute atomic E-state index is 0.159. The van der Waals surface area contributed by atoms with Crippen LogP contribution < -0.4 is 9.47 Å². The average molecular weight is 319 g/mol. The van der Waals surface area contributed by atoms with E-state index in [1.807, 2.05) is 0 Å². The molecule has 23 heavy (non-hydrogen) atoms. The Morgan fingerprint density at radius 1 is 1.13 bits per heavy atom. The van der Waals surface area contributed by atoms with Gasteiger partial charge >= 0.3 is 5.97 Å². The van der Waals surface area contributed by atoms with Crippen molar-refractivity contribution in [2.24, 2.45) is 0 Å². The van der Waals surface area contributed by atoms with Crippen LogP contribution in [0, 0.1) is 0 Å². The summed E-state index contributed by atoms with van der Waals surface area (Å²) in [6.07, 6.45) is 7.39. The monoisotopic (exact) mass is 319 g/mol. The van der Waals surface area contributed by atoms with Crippen LogP contribution >= 0.6 is 0 Å². The fraction of sp³-hybridized carbons (Fsp3) is 0.611. The lowest BCUT2D eigenvalue weighted by atomic mass is 9.91. The molecule has 0 bridgehead atoms.